The molecule has 13 heavy (non-hydrogen) atoms. The zero-order valence-electron chi connectivity index (χ0n) is 7.38. The third-order valence-electron chi connectivity index (χ3n) is 6.32. The first-order valence-corrected chi connectivity index (χ1v) is 5.67. The summed E-state index contributed by atoms with van der Waals surface area (Å²) in [6.07, 6.45) is 1.28. The van der Waals surface area contributed by atoms with Gasteiger partial charge in [0.1, 0.15) is 0 Å². The minimum absolute atomic E-state index is 0.0304. The van der Waals surface area contributed by atoms with Gasteiger partial charge in [-0.25, -0.2) is 0 Å². The van der Waals surface area contributed by atoms with Crippen molar-refractivity contribution in [1.82, 2.24) is 0 Å². The molecule has 0 saturated heterocycles. The van der Waals surface area contributed by atoms with Crippen LogP contribution in [0.1, 0.15) is 6.42 Å². The first-order chi connectivity index (χ1) is 6.30. The molecule has 5 saturated carbocycles. The Morgan fingerprint density at radius 3 is 1.54 bits per heavy atom. The molecule has 5 fully saturated rings. The molecule has 5 aliphatic carbocycles. The largest absolute Gasteiger partial charge is 0.393 e. The fourth-order valence-electron chi connectivity index (χ4n) is 6.44. The van der Waals surface area contributed by atoms with Gasteiger partial charge in [-0.05, 0) is 53.8 Å². The second-order valence-electron chi connectivity index (χ2n) is 6.01. The van der Waals surface area contributed by atoms with E-state index >= 15 is 0 Å². The molecule has 2 nitrogen and oxygen atoms in total. The molecule has 5 rings (SSSR count). The van der Waals surface area contributed by atoms with Gasteiger partial charge < -0.3 is 10.2 Å². The molecule has 0 radical (unpaired) electrons. The zero-order chi connectivity index (χ0) is 8.48. The smallest absolute Gasteiger partial charge is 0.0609 e. The molecule has 0 aliphatic heterocycles. The fourth-order valence-corrected chi connectivity index (χ4v) is 6.44. The molecule has 2 N–H and O–H groups in total. The second kappa shape index (κ2) is 1.49. The summed E-state index contributed by atoms with van der Waals surface area (Å²) in [4.78, 5) is 0. The fraction of sp³-hybridized carbons (Fsp3) is 1.00. The monoisotopic (exact) mass is 178 g/mol. The van der Waals surface area contributed by atoms with Crippen LogP contribution in [0, 0.1) is 47.3 Å². The summed E-state index contributed by atoms with van der Waals surface area (Å²) in [5.41, 5.74) is 0. The molecular formula is C11H14O2. The third-order valence-corrected chi connectivity index (χ3v) is 6.32. The lowest BCUT2D eigenvalue weighted by Gasteiger charge is -2.47. The van der Waals surface area contributed by atoms with Gasteiger partial charge in [-0.2, -0.15) is 0 Å². The molecule has 5 aliphatic rings. The number of fused-ring (bicyclic) bond motifs is 2. The van der Waals surface area contributed by atoms with Crippen molar-refractivity contribution in [3.05, 3.63) is 0 Å². The van der Waals surface area contributed by atoms with E-state index in [4.69, 9.17) is 0 Å². The van der Waals surface area contributed by atoms with Crippen molar-refractivity contribution < 1.29 is 10.2 Å². The van der Waals surface area contributed by atoms with Gasteiger partial charge in [0.15, 0.2) is 0 Å². The van der Waals surface area contributed by atoms with Crippen LogP contribution in [0.15, 0.2) is 0 Å². The predicted molar refractivity (Wildman–Crippen MR) is 44.6 cm³/mol. The molecule has 0 spiro atoms. The lowest BCUT2D eigenvalue weighted by Crippen LogP contribution is -2.51. The van der Waals surface area contributed by atoms with Gasteiger partial charge in [0.25, 0.3) is 0 Å². The molecular weight excluding hydrogens is 164 g/mol. The predicted octanol–water partition coefficient (Wildman–Crippen LogP) is 0.0959. The summed E-state index contributed by atoms with van der Waals surface area (Å²) >= 11 is 0. The molecule has 70 valence electrons. The minimum Gasteiger partial charge on any atom is -0.393 e. The maximum absolute atomic E-state index is 10.1. The van der Waals surface area contributed by atoms with Gasteiger partial charge in [-0.1, -0.05) is 0 Å². The average Bonchev–Trinajstić information content (AvgIpc) is 2.52. The van der Waals surface area contributed by atoms with Gasteiger partial charge in [-0.3, -0.25) is 0 Å². The molecule has 0 aromatic heterocycles. The third kappa shape index (κ3) is 0.375. The molecule has 10 atom stereocenters. The highest BCUT2D eigenvalue weighted by Gasteiger charge is 2.83. The molecule has 0 heterocycles. The second-order valence-corrected chi connectivity index (χ2v) is 6.01. The topological polar surface area (TPSA) is 40.5 Å². The van der Waals surface area contributed by atoms with Gasteiger partial charge in [0.05, 0.1) is 12.2 Å². The molecule has 0 aromatic rings. The molecule has 2 bridgehead atoms. The first kappa shape index (κ1) is 6.41. The number of rotatable bonds is 0. The van der Waals surface area contributed by atoms with Crippen LogP contribution in [0.3, 0.4) is 0 Å². The average molecular weight is 178 g/mol. The van der Waals surface area contributed by atoms with Crippen LogP contribution in [-0.4, -0.2) is 22.4 Å². The van der Waals surface area contributed by atoms with Crippen molar-refractivity contribution in [2.45, 2.75) is 18.6 Å². The van der Waals surface area contributed by atoms with Gasteiger partial charge in [0.2, 0.25) is 0 Å². The Kier molecular flexibility index (Phi) is 0.733. The van der Waals surface area contributed by atoms with Crippen LogP contribution in [0.2, 0.25) is 0 Å². The van der Waals surface area contributed by atoms with Crippen molar-refractivity contribution in [2.75, 3.05) is 0 Å². The van der Waals surface area contributed by atoms with Crippen LogP contribution < -0.4 is 0 Å². The van der Waals surface area contributed by atoms with Gasteiger partial charge >= 0.3 is 0 Å². The molecule has 0 amide bonds. The SMILES string of the molecule is O[C@@H]1[C@@H]2[C@H]3[C@@H](O)[C@H]4[C@H]5C[C@H]([C@@H]2[C@@H]53)[C@@H]14. The summed E-state index contributed by atoms with van der Waals surface area (Å²) in [5.74, 6) is 5.33. The maximum atomic E-state index is 10.1. The summed E-state index contributed by atoms with van der Waals surface area (Å²) in [6, 6.07) is 0. The van der Waals surface area contributed by atoms with Crippen molar-refractivity contribution in [3.63, 3.8) is 0 Å². The van der Waals surface area contributed by atoms with E-state index in [2.05, 4.69) is 0 Å². The van der Waals surface area contributed by atoms with E-state index in [-0.39, 0.29) is 12.2 Å². The Morgan fingerprint density at radius 1 is 0.615 bits per heavy atom. The van der Waals surface area contributed by atoms with Crippen LogP contribution in [-0.2, 0) is 0 Å². The van der Waals surface area contributed by atoms with E-state index in [1.807, 2.05) is 0 Å². The zero-order valence-corrected chi connectivity index (χ0v) is 7.38. The highest BCUT2D eigenvalue weighted by Crippen LogP contribution is 2.82. The van der Waals surface area contributed by atoms with Crippen LogP contribution in [0.4, 0.5) is 0 Å². The first-order valence-electron chi connectivity index (χ1n) is 5.67. The maximum Gasteiger partial charge on any atom is 0.0609 e. The Balaban J connectivity index is 1.83. The van der Waals surface area contributed by atoms with Gasteiger partial charge in [0, 0.05) is 0 Å². The number of hydrogen-bond acceptors (Lipinski definition) is 2. The number of aliphatic hydroxyl groups excluding tert-OH is 2. The lowest BCUT2D eigenvalue weighted by molar-refractivity contribution is -0.109. The van der Waals surface area contributed by atoms with Crippen molar-refractivity contribution in [1.29, 1.82) is 0 Å². The number of hydrogen-bond donors (Lipinski definition) is 2. The van der Waals surface area contributed by atoms with Crippen LogP contribution >= 0.6 is 0 Å². The van der Waals surface area contributed by atoms with E-state index in [1.54, 1.807) is 0 Å². The summed E-state index contributed by atoms with van der Waals surface area (Å²) < 4.78 is 0. The molecule has 0 aromatic carbocycles. The van der Waals surface area contributed by atoms with E-state index in [9.17, 15) is 10.2 Å². The van der Waals surface area contributed by atoms with Crippen molar-refractivity contribution in [2.24, 2.45) is 47.3 Å². The number of aliphatic hydroxyl groups is 2. The van der Waals surface area contributed by atoms with Crippen molar-refractivity contribution >= 4 is 0 Å². The van der Waals surface area contributed by atoms with Crippen LogP contribution in [0.5, 0.6) is 0 Å². The van der Waals surface area contributed by atoms with Gasteiger partial charge in [-0.15, -0.1) is 0 Å². The Labute approximate surface area is 76.9 Å². The van der Waals surface area contributed by atoms with Crippen LogP contribution in [0.25, 0.3) is 0 Å². The Hall–Kier alpha value is -0.0800. The van der Waals surface area contributed by atoms with E-state index < -0.39 is 0 Å². The quantitative estimate of drug-likeness (QED) is 0.552. The van der Waals surface area contributed by atoms with Crippen molar-refractivity contribution in [3.8, 4) is 0 Å². The molecule has 0 unspecified atom stereocenters. The summed E-state index contributed by atoms with van der Waals surface area (Å²) in [6.45, 7) is 0. The Bertz CT molecular complexity index is 281. The highest BCUT2D eigenvalue weighted by molar-refractivity contribution is 5.30. The summed E-state index contributed by atoms with van der Waals surface area (Å²) in [7, 11) is 0. The highest BCUT2D eigenvalue weighted by atomic mass is 16.3. The van der Waals surface area contributed by atoms with E-state index in [0.717, 1.165) is 23.7 Å². The van der Waals surface area contributed by atoms with E-state index in [1.165, 1.54) is 6.42 Å². The normalized spacial score (nSPS) is 85.4. The summed E-state index contributed by atoms with van der Waals surface area (Å²) in [5, 5.41) is 20.2. The van der Waals surface area contributed by atoms with E-state index in [0.29, 0.717) is 23.7 Å². The lowest BCUT2D eigenvalue weighted by atomic mass is 9.58. The standard InChI is InChI=1S/C11H14O2/c12-10-6-2-1-3-5-4(2)8(10)9(5)11(13)7(3)6/h2-13H,1H2/t2-,3+,4-,5-,6-,7+,8+,9+,10+,11+/m1/s1. The minimum atomic E-state index is -0.0304. The Morgan fingerprint density at radius 2 is 1.08 bits per heavy atom. The molecule has 2 heteroatoms.